The van der Waals surface area contributed by atoms with Crippen molar-refractivity contribution in [2.24, 2.45) is 5.41 Å². The first kappa shape index (κ1) is 22.6. The van der Waals surface area contributed by atoms with E-state index < -0.39 is 42.7 Å². The molecule has 0 bridgehead atoms. The Morgan fingerprint density at radius 1 is 1.24 bits per heavy atom. The molecular formula is C21H29ClO7. The number of alkyl halides is 1. The lowest BCUT2D eigenvalue weighted by Crippen LogP contribution is -2.59. The minimum atomic E-state index is -1.52. The third kappa shape index (κ3) is 3.97. The van der Waals surface area contributed by atoms with Gasteiger partial charge in [0.1, 0.15) is 24.4 Å². The summed E-state index contributed by atoms with van der Waals surface area (Å²) >= 11 is 5.92. The first-order chi connectivity index (χ1) is 13.6. The van der Waals surface area contributed by atoms with Gasteiger partial charge >= 0.3 is 0 Å². The normalized spacial score (nSPS) is 34.5. The van der Waals surface area contributed by atoms with Crippen molar-refractivity contribution in [1.82, 2.24) is 0 Å². The average Bonchev–Trinajstić information content (AvgIpc) is 2.93. The van der Waals surface area contributed by atoms with Gasteiger partial charge in [0.15, 0.2) is 12.1 Å². The molecule has 29 heavy (non-hydrogen) atoms. The number of hydrogen-bond acceptors (Lipinski definition) is 7. The topological polar surface area (TPSA) is 116 Å². The quantitative estimate of drug-likeness (QED) is 0.491. The molecule has 8 heteroatoms. The van der Waals surface area contributed by atoms with Crippen molar-refractivity contribution >= 4 is 17.4 Å². The molecule has 0 amide bonds. The molecular weight excluding hydrogens is 400 g/mol. The van der Waals surface area contributed by atoms with Crippen molar-refractivity contribution in [1.29, 1.82) is 0 Å². The van der Waals surface area contributed by atoms with E-state index in [1.165, 1.54) is 0 Å². The van der Waals surface area contributed by atoms with Crippen LogP contribution >= 0.6 is 11.6 Å². The Kier molecular flexibility index (Phi) is 6.70. The van der Waals surface area contributed by atoms with Gasteiger partial charge in [-0.15, -0.1) is 11.6 Å². The Labute approximate surface area is 175 Å². The molecule has 1 aliphatic carbocycles. The summed E-state index contributed by atoms with van der Waals surface area (Å²) in [5.41, 5.74) is 3.96. The summed E-state index contributed by atoms with van der Waals surface area (Å²) in [6.07, 6.45) is -5.58. The lowest BCUT2D eigenvalue weighted by Gasteiger charge is -2.40. The van der Waals surface area contributed by atoms with E-state index in [-0.39, 0.29) is 12.4 Å². The number of fused-ring (bicyclic) bond motifs is 1. The minimum Gasteiger partial charge on any atom is -0.394 e. The maximum Gasteiger partial charge on any atom is 0.186 e. The maximum absolute atomic E-state index is 13.3. The van der Waals surface area contributed by atoms with Gasteiger partial charge in [0.05, 0.1) is 18.6 Å². The van der Waals surface area contributed by atoms with Crippen molar-refractivity contribution in [3.05, 3.63) is 33.9 Å². The summed E-state index contributed by atoms with van der Waals surface area (Å²) in [5.74, 6) is 0.442. The summed E-state index contributed by atoms with van der Waals surface area (Å²) in [6.45, 7) is 5.19. The monoisotopic (exact) mass is 428 g/mol. The molecule has 1 aromatic carbocycles. The zero-order valence-corrected chi connectivity index (χ0v) is 17.6. The number of aliphatic hydroxyl groups is 4. The predicted octanol–water partition coefficient (Wildman–Crippen LogP) is 0.646. The highest BCUT2D eigenvalue weighted by Crippen LogP contribution is 2.41. The number of benzene rings is 1. The van der Waals surface area contributed by atoms with Gasteiger partial charge in [-0.25, -0.2) is 0 Å². The van der Waals surface area contributed by atoms with Crippen LogP contribution < -0.4 is 0 Å². The van der Waals surface area contributed by atoms with Gasteiger partial charge in [0.25, 0.3) is 0 Å². The van der Waals surface area contributed by atoms with E-state index in [9.17, 15) is 25.2 Å². The molecule has 162 valence electrons. The minimum absolute atomic E-state index is 0.0352. The summed E-state index contributed by atoms with van der Waals surface area (Å²) in [6, 6.07) is 2.03. The molecule has 3 rings (SSSR count). The first-order valence-corrected chi connectivity index (χ1v) is 10.3. The van der Waals surface area contributed by atoms with Crippen molar-refractivity contribution in [3.8, 4) is 0 Å². The number of hydrogen-bond donors (Lipinski definition) is 4. The number of ether oxygens (including phenoxy) is 2. The second kappa shape index (κ2) is 8.59. The Balaban J connectivity index is 1.78. The highest BCUT2D eigenvalue weighted by atomic mass is 35.5. The van der Waals surface area contributed by atoms with Gasteiger partial charge in [0, 0.05) is 11.4 Å². The van der Waals surface area contributed by atoms with Crippen molar-refractivity contribution in [3.63, 3.8) is 0 Å². The van der Waals surface area contributed by atoms with Gasteiger partial charge in [-0.2, -0.15) is 0 Å². The van der Waals surface area contributed by atoms with Crippen molar-refractivity contribution in [2.75, 3.05) is 19.1 Å². The highest BCUT2D eigenvalue weighted by Gasteiger charge is 2.47. The third-order valence-electron chi connectivity index (χ3n) is 6.13. The Morgan fingerprint density at radius 2 is 1.93 bits per heavy atom. The van der Waals surface area contributed by atoms with Crippen molar-refractivity contribution < 1.29 is 34.7 Å². The SMILES string of the molecule is Cc1cc2c(c(C)c1CCCl)C(=O)C(C)(COC1OC(CO)C(O)C(O)C1O)C2. The molecule has 4 N–H and O–H groups in total. The van der Waals surface area contributed by atoms with Crippen LogP contribution in [0.5, 0.6) is 0 Å². The van der Waals surface area contributed by atoms with Crippen LogP contribution in [0.4, 0.5) is 0 Å². The van der Waals surface area contributed by atoms with E-state index in [0.29, 0.717) is 24.3 Å². The molecule has 1 fully saturated rings. The predicted molar refractivity (Wildman–Crippen MR) is 106 cm³/mol. The van der Waals surface area contributed by atoms with Gasteiger partial charge in [-0.3, -0.25) is 4.79 Å². The molecule has 6 atom stereocenters. The Hall–Kier alpha value is -1.06. The Morgan fingerprint density at radius 3 is 2.55 bits per heavy atom. The number of aryl methyl sites for hydroxylation is 1. The van der Waals surface area contributed by atoms with Gasteiger partial charge < -0.3 is 29.9 Å². The van der Waals surface area contributed by atoms with Crippen LogP contribution in [0.2, 0.25) is 0 Å². The number of carbonyl (C=O) groups is 1. The fourth-order valence-electron chi connectivity index (χ4n) is 4.43. The molecule has 2 aliphatic rings. The molecule has 6 unspecified atom stereocenters. The smallest absolute Gasteiger partial charge is 0.186 e. The van der Waals surface area contributed by atoms with Crippen LogP contribution in [0.3, 0.4) is 0 Å². The molecule has 1 heterocycles. The number of carbonyl (C=O) groups excluding carboxylic acids is 1. The van der Waals surface area contributed by atoms with E-state index in [1.54, 1.807) is 6.92 Å². The number of aliphatic hydroxyl groups excluding tert-OH is 4. The lowest BCUT2D eigenvalue weighted by molar-refractivity contribution is -0.304. The van der Waals surface area contributed by atoms with Gasteiger partial charge in [-0.1, -0.05) is 6.07 Å². The third-order valence-corrected chi connectivity index (χ3v) is 6.32. The summed E-state index contributed by atoms with van der Waals surface area (Å²) in [7, 11) is 0. The number of halogens is 1. The van der Waals surface area contributed by atoms with Crippen LogP contribution in [0.15, 0.2) is 6.07 Å². The second-order valence-corrected chi connectivity index (χ2v) is 8.72. The fourth-order valence-corrected chi connectivity index (χ4v) is 4.62. The van der Waals surface area contributed by atoms with E-state index >= 15 is 0 Å². The molecule has 0 spiro atoms. The zero-order valence-electron chi connectivity index (χ0n) is 16.9. The van der Waals surface area contributed by atoms with Crippen LogP contribution in [0, 0.1) is 19.3 Å². The molecule has 0 saturated carbocycles. The molecule has 7 nitrogen and oxygen atoms in total. The molecule has 1 saturated heterocycles. The van der Waals surface area contributed by atoms with E-state index in [1.807, 2.05) is 19.9 Å². The van der Waals surface area contributed by atoms with Crippen LogP contribution in [-0.4, -0.2) is 76.0 Å². The standard InChI is InChI=1S/C21H29ClO7/c1-10-6-12-7-21(3,19(27)15(12)11(2)13(10)4-5-22)9-28-20-18(26)17(25)16(24)14(8-23)29-20/h6,14,16-18,20,23-26H,4-5,7-9H2,1-3H3. The van der Waals surface area contributed by atoms with E-state index in [2.05, 4.69) is 0 Å². The summed E-state index contributed by atoms with van der Waals surface area (Å²) in [5, 5.41) is 39.3. The average molecular weight is 429 g/mol. The highest BCUT2D eigenvalue weighted by molar-refractivity contribution is 6.18. The van der Waals surface area contributed by atoms with Gasteiger partial charge in [0.2, 0.25) is 0 Å². The maximum atomic E-state index is 13.3. The summed E-state index contributed by atoms with van der Waals surface area (Å²) in [4.78, 5) is 13.3. The molecule has 1 aromatic rings. The van der Waals surface area contributed by atoms with Gasteiger partial charge in [-0.05, 0) is 55.9 Å². The first-order valence-electron chi connectivity index (χ1n) is 9.79. The molecule has 1 aliphatic heterocycles. The van der Waals surface area contributed by atoms with Crippen LogP contribution in [0.25, 0.3) is 0 Å². The van der Waals surface area contributed by atoms with Crippen molar-refractivity contribution in [2.45, 2.75) is 64.3 Å². The fraction of sp³-hybridized carbons (Fsp3) is 0.667. The van der Waals surface area contributed by atoms with Crippen LogP contribution in [0.1, 0.15) is 39.5 Å². The number of Topliss-reactive ketones (excluding diaryl/α,β-unsaturated/α-hetero) is 1. The number of ketones is 1. The van der Waals surface area contributed by atoms with E-state index in [4.69, 9.17) is 21.1 Å². The van der Waals surface area contributed by atoms with Crippen LogP contribution in [-0.2, 0) is 22.3 Å². The molecule has 0 radical (unpaired) electrons. The second-order valence-electron chi connectivity index (χ2n) is 8.34. The largest absolute Gasteiger partial charge is 0.394 e. The zero-order chi connectivity index (χ0) is 21.5. The van der Waals surface area contributed by atoms with E-state index in [0.717, 1.165) is 22.3 Å². The number of rotatable bonds is 6. The molecule has 0 aromatic heterocycles. The lowest BCUT2D eigenvalue weighted by atomic mass is 9.86. The Bertz CT molecular complexity index is 781. The summed E-state index contributed by atoms with van der Waals surface area (Å²) < 4.78 is 11.1.